The van der Waals surface area contributed by atoms with E-state index in [-0.39, 0.29) is 12.6 Å². The summed E-state index contributed by atoms with van der Waals surface area (Å²) in [6, 6.07) is 7.20. The molecule has 2 N–H and O–H groups in total. The van der Waals surface area contributed by atoms with E-state index in [2.05, 4.69) is 24.1 Å². The molecule has 1 rings (SSSR count). The number of aliphatic hydroxyl groups excluding tert-OH is 1. The molecule has 0 saturated carbocycles. The molecule has 0 bridgehead atoms. The quantitative estimate of drug-likeness (QED) is 0.792. The standard InChI is InChI=1S/C12H17N3O/c1-9(2)6-11(8-16)15-12-5-3-4-10(7-13)14-12/h3-5,9,11,16H,6,8H2,1-2H3,(H,14,15). The van der Waals surface area contributed by atoms with Gasteiger partial charge in [-0.1, -0.05) is 19.9 Å². The third-order valence-electron chi connectivity index (χ3n) is 2.19. The van der Waals surface area contributed by atoms with Crippen LogP contribution in [-0.2, 0) is 0 Å². The highest BCUT2D eigenvalue weighted by Crippen LogP contribution is 2.11. The van der Waals surface area contributed by atoms with Gasteiger partial charge in [0.15, 0.2) is 0 Å². The molecule has 1 heterocycles. The fourth-order valence-electron chi connectivity index (χ4n) is 1.53. The smallest absolute Gasteiger partial charge is 0.142 e. The molecule has 0 aliphatic rings. The van der Waals surface area contributed by atoms with Crippen molar-refractivity contribution in [2.45, 2.75) is 26.3 Å². The number of rotatable bonds is 5. The molecular formula is C12H17N3O. The van der Waals surface area contributed by atoms with E-state index in [0.717, 1.165) is 6.42 Å². The summed E-state index contributed by atoms with van der Waals surface area (Å²) in [6.07, 6.45) is 0.870. The minimum atomic E-state index is -0.0126. The SMILES string of the molecule is CC(C)CC(CO)Nc1cccc(C#N)n1. The Morgan fingerprint density at radius 3 is 2.81 bits per heavy atom. The number of anilines is 1. The third-order valence-corrected chi connectivity index (χ3v) is 2.19. The van der Waals surface area contributed by atoms with Crippen LogP contribution in [0, 0.1) is 17.2 Å². The molecule has 4 nitrogen and oxygen atoms in total. The zero-order valence-electron chi connectivity index (χ0n) is 9.64. The summed E-state index contributed by atoms with van der Waals surface area (Å²) >= 11 is 0. The first kappa shape index (κ1) is 12.5. The minimum Gasteiger partial charge on any atom is -0.394 e. The van der Waals surface area contributed by atoms with E-state index in [1.54, 1.807) is 18.2 Å². The summed E-state index contributed by atoms with van der Waals surface area (Å²) in [4.78, 5) is 4.10. The normalized spacial score (nSPS) is 12.2. The lowest BCUT2D eigenvalue weighted by Crippen LogP contribution is -2.26. The molecule has 0 radical (unpaired) electrons. The Labute approximate surface area is 95.9 Å². The van der Waals surface area contributed by atoms with Gasteiger partial charge in [-0.25, -0.2) is 4.98 Å². The van der Waals surface area contributed by atoms with E-state index < -0.39 is 0 Å². The maximum Gasteiger partial charge on any atom is 0.142 e. The highest BCUT2D eigenvalue weighted by Gasteiger charge is 2.10. The van der Waals surface area contributed by atoms with Gasteiger partial charge in [-0.05, 0) is 24.5 Å². The van der Waals surface area contributed by atoms with E-state index in [9.17, 15) is 5.11 Å². The second-order valence-electron chi connectivity index (χ2n) is 4.17. The molecule has 86 valence electrons. The minimum absolute atomic E-state index is 0.0126. The van der Waals surface area contributed by atoms with Crippen LogP contribution < -0.4 is 5.32 Å². The van der Waals surface area contributed by atoms with Crippen molar-refractivity contribution in [3.63, 3.8) is 0 Å². The summed E-state index contributed by atoms with van der Waals surface area (Å²) in [5, 5.41) is 21.0. The van der Waals surface area contributed by atoms with E-state index >= 15 is 0 Å². The second-order valence-corrected chi connectivity index (χ2v) is 4.17. The average Bonchev–Trinajstić information content (AvgIpc) is 2.28. The highest BCUT2D eigenvalue weighted by molar-refractivity contribution is 5.39. The van der Waals surface area contributed by atoms with Crippen molar-refractivity contribution in [2.24, 2.45) is 5.92 Å². The van der Waals surface area contributed by atoms with Crippen LogP contribution in [0.4, 0.5) is 5.82 Å². The van der Waals surface area contributed by atoms with Crippen LogP contribution in [0.15, 0.2) is 18.2 Å². The van der Waals surface area contributed by atoms with E-state index in [1.165, 1.54) is 0 Å². The first-order valence-corrected chi connectivity index (χ1v) is 5.40. The molecule has 0 aliphatic carbocycles. The van der Waals surface area contributed by atoms with Gasteiger partial charge in [-0.3, -0.25) is 0 Å². The van der Waals surface area contributed by atoms with E-state index in [1.807, 2.05) is 6.07 Å². The fourth-order valence-corrected chi connectivity index (χ4v) is 1.53. The van der Waals surface area contributed by atoms with Gasteiger partial charge in [0.25, 0.3) is 0 Å². The zero-order chi connectivity index (χ0) is 12.0. The maximum atomic E-state index is 9.21. The highest BCUT2D eigenvalue weighted by atomic mass is 16.3. The van der Waals surface area contributed by atoms with Crippen molar-refractivity contribution in [1.82, 2.24) is 4.98 Å². The summed E-state index contributed by atoms with van der Waals surface area (Å²) in [6.45, 7) is 4.27. The van der Waals surface area contributed by atoms with Gasteiger partial charge in [0.05, 0.1) is 12.6 Å². The molecule has 0 spiro atoms. The second kappa shape index (κ2) is 6.09. The van der Waals surface area contributed by atoms with Crippen molar-refractivity contribution < 1.29 is 5.11 Å². The predicted molar refractivity (Wildman–Crippen MR) is 62.9 cm³/mol. The number of aromatic nitrogens is 1. The molecule has 1 unspecified atom stereocenters. The summed E-state index contributed by atoms with van der Waals surface area (Å²) in [5.74, 6) is 1.14. The largest absolute Gasteiger partial charge is 0.394 e. The third kappa shape index (κ3) is 3.87. The van der Waals surface area contributed by atoms with Gasteiger partial charge >= 0.3 is 0 Å². The lowest BCUT2D eigenvalue weighted by atomic mass is 10.0. The molecule has 1 aromatic heterocycles. The first-order chi connectivity index (χ1) is 7.65. The Kier molecular flexibility index (Phi) is 4.74. The Balaban J connectivity index is 2.67. The Morgan fingerprint density at radius 1 is 1.50 bits per heavy atom. The van der Waals surface area contributed by atoms with E-state index in [4.69, 9.17) is 5.26 Å². The van der Waals surface area contributed by atoms with Gasteiger partial charge in [0.2, 0.25) is 0 Å². The molecule has 16 heavy (non-hydrogen) atoms. The Morgan fingerprint density at radius 2 is 2.25 bits per heavy atom. The molecule has 4 heteroatoms. The summed E-state index contributed by atoms with van der Waals surface area (Å²) in [7, 11) is 0. The topological polar surface area (TPSA) is 68.9 Å². The van der Waals surface area contributed by atoms with Crippen molar-refractivity contribution in [1.29, 1.82) is 5.26 Å². The molecule has 0 fully saturated rings. The number of nitriles is 1. The zero-order valence-corrected chi connectivity index (χ0v) is 9.64. The van der Waals surface area contributed by atoms with Crippen LogP contribution in [0.25, 0.3) is 0 Å². The Hall–Kier alpha value is -1.60. The van der Waals surface area contributed by atoms with E-state index in [0.29, 0.717) is 17.4 Å². The number of aliphatic hydroxyl groups is 1. The molecular weight excluding hydrogens is 202 g/mol. The molecule has 1 aromatic rings. The van der Waals surface area contributed by atoms with Crippen molar-refractivity contribution in [2.75, 3.05) is 11.9 Å². The molecule has 0 aliphatic heterocycles. The first-order valence-electron chi connectivity index (χ1n) is 5.40. The molecule has 0 amide bonds. The molecule has 0 aromatic carbocycles. The van der Waals surface area contributed by atoms with Crippen LogP contribution in [0.1, 0.15) is 26.0 Å². The number of nitrogens with one attached hydrogen (secondary N) is 1. The number of pyridine rings is 1. The average molecular weight is 219 g/mol. The van der Waals surface area contributed by atoms with Crippen LogP contribution in [0.3, 0.4) is 0 Å². The van der Waals surface area contributed by atoms with Crippen molar-refractivity contribution in [3.05, 3.63) is 23.9 Å². The van der Waals surface area contributed by atoms with Crippen LogP contribution in [0.5, 0.6) is 0 Å². The van der Waals surface area contributed by atoms with Gasteiger partial charge in [-0.15, -0.1) is 0 Å². The summed E-state index contributed by atoms with van der Waals surface area (Å²) in [5.41, 5.74) is 0.381. The van der Waals surface area contributed by atoms with Gasteiger partial charge in [-0.2, -0.15) is 5.26 Å². The van der Waals surface area contributed by atoms with Crippen molar-refractivity contribution in [3.8, 4) is 6.07 Å². The molecule has 0 saturated heterocycles. The molecule has 1 atom stereocenters. The fraction of sp³-hybridized carbons (Fsp3) is 0.500. The number of nitrogens with zero attached hydrogens (tertiary/aromatic N) is 2. The van der Waals surface area contributed by atoms with Crippen LogP contribution in [-0.4, -0.2) is 22.7 Å². The van der Waals surface area contributed by atoms with Crippen LogP contribution >= 0.6 is 0 Å². The lowest BCUT2D eigenvalue weighted by Gasteiger charge is -2.18. The van der Waals surface area contributed by atoms with Crippen LogP contribution in [0.2, 0.25) is 0 Å². The van der Waals surface area contributed by atoms with Gasteiger partial charge < -0.3 is 10.4 Å². The maximum absolute atomic E-state index is 9.21. The lowest BCUT2D eigenvalue weighted by molar-refractivity contribution is 0.259. The number of hydrogen-bond donors (Lipinski definition) is 2. The van der Waals surface area contributed by atoms with Gasteiger partial charge in [0.1, 0.15) is 17.6 Å². The van der Waals surface area contributed by atoms with Crippen molar-refractivity contribution >= 4 is 5.82 Å². The van der Waals surface area contributed by atoms with Gasteiger partial charge in [0, 0.05) is 0 Å². The summed E-state index contributed by atoms with van der Waals surface area (Å²) < 4.78 is 0. The predicted octanol–water partition coefficient (Wildman–Crippen LogP) is 1.77. The number of hydrogen-bond acceptors (Lipinski definition) is 4. The Bertz CT molecular complexity index is 371. The monoisotopic (exact) mass is 219 g/mol.